The molecule has 2 rings (SSSR count). The molecule has 0 bridgehead atoms. The van der Waals surface area contributed by atoms with Gasteiger partial charge in [-0.05, 0) is 63.9 Å². The van der Waals surface area contributed by atoms with Crippen LogP contribution in [0.3, 0.4) is 0 Å². The van der Waals surface area contributed by atoms with E-state index in [1.807, 2.05) is 0 Å². The molecule has 2 nitrogen and oxygen atoms in total. The largest absolute Gasteiger partial charge is 0.388 e. The highest BCUT2D eigenvalue weighted by Gasteiger charge is 2.32. The van der Waals surface area contributed by atoms with Gasteiger partial charge in [-0.2, -0.15) is 0 Å². The number of aliphatic hydroxyl groups is 1. The molecule has 0 saturated carbocycles. The van der Waals surface area contributed by atoms with Crippen LogP contribution in [0.5, 0.6) is 0 Å². The molecule has 0 aromatic heterocycles. The van der Waals surface area contributed by atoms with Crippen molar-refractivity contribution >= 4 is 11.6 Å². The van der Waals surface area contributed by atoms with Crippen LogP contribution in [-0.2, 0) is 0 Å². The van der Waals surface area contributed by atoms with Gasteiger partial charge in [-0.15, -0.1) is 0 Å². The van der Waals surface area contributed by atoms with E-state index in [4.69, 9.17) is 11.6 Å². The fraction of sp³-hybridized carbons (Fsp3) is 0.625. The molecule has 2 atom stereocenters. The molecular formula is C16H23ClFNO. The van der Waals surface area contributed by atoms with Crippen molar-refractivity contribution in [2.24, 2.45) is 5.92 Å². The summed E-state index contributed by atoms with van der Waals surface area (Å²) in [5.74, 6) is -0.268. The van der Waals surface area contributed by atoms with Crippen LogP contribution in [0.25, 0.3) is 0 Å². The number of rotatable bonds is 2. The Morgan fingerprint density at radius 2 is 2.05 bits per heavy atom. The third-order valence-corrected chi connectivity index (χ3v) is 4.30. The maximum absolute atomic E-state index is 13.4. The van der Waals surface area contributed by atoms with Crippen molar-refractivity contribution in [3.05, 3.63) is 34.6 Å². The lowest BCUT2D eigenvalue weighted by molar-refractivity contribution is 0.0147. The smallest absolute Gasteiger partial charge is 0.125 e. The summed E-state index contributed by atoms with van der Waals surface area (Å²) in [6, 6.07) is 4.30. The van der Waals surface area contributed by atoms with Gasteiger partial charge >= 0.3 is 0 Å². The maximum atomic E-state index is 13.4. The Bertz CT molecular complexity index is 452. The monoisotopic (exact) mass is 299 g/mol. The molecule has 1 aromatic rings. The van der Waals surface area contributed by atoms with E-state index in [0.717, 1.165) is 25.9 Å². The van der Waals surface area contributed by atoms with Crippen molar-refractivity contribution in [2.75, 3.05) is 13.1 Å². The molecule has 1 aromatic carbocycles. The van der Waals surface area contributed by atoms with Crippen LogP contribution in [0, 0.1) is 11.7 Å². The van der Waals surface area contributed by atoms with Crippen LogP contribution in [0.1, 0.15) is 45.3 Å². The third kappa shape index (κ3) is 3.72. The fourth-order valence-corrected chi connectivity index (χ4v) is 3.13. The molecular weight excluding hydrogens is 277 g/mol. The quantitative estimate of drug-likeness (QED) is 0.891. The van der Waals surface area contributed by atoms with Crippen LogP contribution in [0.4, 0.5) is 4.39 Å². The number of piperidine rings is 1. The first kappa shape index (κ1) is 15.7. The summed E-state index contributed by atoms with van der Waals surface area (Å²) >= 11 is 5.87. The second-order valence-electron chi connectivity index (χ2n) is 6.67. The van der Waals surface area contributed by atoms with E-state index < -0.39 is 11.9 Å². The van der Waals surface area contributed by atoms with Crippen molar-refractivity contribution in [2.45, 2.75) is 45.3 Å². The summed E-state index contributed by atoms with van der Waals surface area (Å²) in [6.07, 6.45) is 1.36. The average molecular weight is 300 g/mol. The summed E-state index contributed by atoms with van der Waals surface area (Å²) in [4.78, 5) is 2.38. The van der Waals surface area contributed by atoms with E-state index in [1.54, 1.807) is 6.07 Å². The number of likely N-dealkylation sites (tertiary alicyclic amines) is 1. The molecule has 0 radical (unpaired) electrons. The number of hydrogen-bond acceptors (Lipinski definition) is 2. The van der Waals surface area contributed by atoms with Crippen LogP contribution >= 0.6 is 11.6 Å². The fourth-order valence-electron chi connectivity index (χ4n) is 2.90. The molecule has 1 N–H and O–H groups in total. The summed E-state index contributed by atoms with van der Waals surface area (Å²) < 4.78 is 13.4. The lowest BCUT2D eigenvalue weighted by Gasteiger charge is -2.43. The van der Waals surface area contributed by atoms with Gasteiger partial charge in [0.05, 0.1) is 6.10 Å². The Balaban J connectivity index is 2.14. The minimum absolute atomic E-state index is 0.0952. The highest BCUT2D eigenvalue weighted by molar-refractivity contribution is 6.30. The number of hydrogen-bond donors (Lipinski definition) is 1. The highest BCUT2D eigenvalue weighted by Crippen LogP contribution is 2.33. The minimum Gasteiger partial charge on any atom is -0.388 e. The van der Waals surface area contributed by atoms with Gasteiger partial charge in [0.15, 0.2) is 0 Å². The van der Waals surface area contributed by atoms with Crippen molar-refractivity contribution < 1.29 is 9.50 Å². The molecule has 4 heteroatoms. The summed E-state index contributed by atoms with van der Waals surface area (Å²) in [5, 5.41) is 10.9. The molecule has 20 heavy (non-hydrogen) atoms. The van der Waals surface area contributed by atoms with E-state index in [9.17, 15) is 9.50 Å². The summed E-state index contributed by atoms with van der Waals surface area (Å²) in [5.41, 5.74) is 0.675. The zero-order valence-electron chi connectivity index (χ0n) is 12.4. The first-order chi connectivity index (χ1) is 9.27. The second kappa shape index (κ2) is 6.00. The van der Waals surface area contributed by atoms with E-state index in [2.05, 4.69) is 25.7 Å². The second-order valence-corrected chi connectivity index (χ2v) is 7.10. The number of aliphatic hydroxyl groups excluding tert-OH is 1. The van der Waals surface area contributed by atoms with E-state index in [0.29, 0.717) is 10.6 Å². The molecule has 1 fully saturated rings. The molecule has 1 aliphatic heterocycles. The van der Waals surface area contributed by atoms with Crippen LogP contribution in [-0.4, -0.2) is 28.6 Å². The van der Waals surface area contributed by atoms with Crippen LogP contribution < -0.4 is 0 Å². The number of benzene rings is 1. The lowest BCUT2D eigenvalue weighted by atomic mass is 9.86. The minimum atomic E-state index is -0.659. The zero-order chi connectivity index (χ0) is 14.9. The molecule has 1 aliphatic rings. The molecule has 112 valence electrons. The van der Waals surface area contributed by atoms with Gasteiger partial charge in [-0.3, -0.25) is 4.90 Å². The summed E-state index contributed by atoms with van der Waals surface area (Å²) in [7, 11) is 0. The maximum Gasteiger partial charge on any atom is 0.125 e. The lowest BCUT2D eigenvalue weighted by Crippen LogP contribution is -2.48. The molecule has 0 aliphatic carbocycles. The predicted molar refractivity (Wildman–Crippen MR) is 80.4 cm³/mol. The Morgan fingerprint density at radius 3 is 2.65 bits per heavy atom. The molecule has 1 heterocycles. The van der Waals surface area contributed by atoms with Crippen LogP contribution in [0.2, 0.25) is 5.02 Å². The first-order valence-corrected chi connectivity index (χ1v) is 7.54. The van der Waals surface area contributed by atoms with Crippen molar-refractivity contribution in [3.8, 4) is 0 Å². The normalized spacial score (nSPS) is 22.8. The number of halogens is 2. The van der Waals surface area contributed by atoms with E-state index >= 15 is 0 Å². The highest BCUT2D eigenvalue weighted by atomic mass is 35.5. The molecule has 0 amide bonds. The zero-order valence-corrected chi connectivity index (χ0v) is 13.1. The van der Waals surface area contributed by atoms with Crippen molar-refractivity contribution in [1.82, 2.24) is 4.90 Å². The molecule has 1 saturated heterocycles. The van der Waals surface area contributed by atoms with Crippen molar-refractivity contribution in [3.63, 3.8) is 0 Å². The molecule has 1 unspecified atom stereocenters. The summed E-state index contributed by atoms with van der Waals surface area (Å²) in [6.45, 7) is 8.43. The van der Waals surface area contributed by atoms with E-state index in [-0.39, 0.29) is 11.5 Å². The van der Waals surface area contributed by atoms with Gasteiger partial charge in [0.2, 0.25) is 0 Å². The first-order valence-electron chi connectivity index (χ1n) is 7.16. The molecule has 0 spiro atoms. The topological polar surface area (TPSA) is 23.5 Å². The third-order valence-electron chi connectivity index (χ3n) is 4.08. The predicted octanol–water partition coefficient (Wildman–Crippen LogP) is 4.02. The SMILES string of the molecule is CC(C)(C)N1CCCC([C@@H](O)c2cc(F)cc(Cl)c2)C1. The van der Waals surface area contributed by atoms with Gasteiger partial charge in [-0.25, -0.2) is 4.39 Å². The Labute approximate surface area is 125 Å². The standard InChI is InChI=1S/C16H23ClFNO/c1-16(2,3)19-6-4-5-11(10-19)15(20)12-7-13(17)9-14(18)8-12/h7-9,11,15,20H,4-6,10H2,1-3H3/t11?,15-/m1/s1. The van der Waals surface area contributed by atoms with Gasteiger partial charge in [-0.1, -0.05) is 11.6 Å². The van der Waals surface area contributed by atoms with Gasteiger partial charge in [0, 0.05) is 23.0 Å². The average Bonchev–Trinajstić information content (AvgIpc) is 2.36. The Hall–Kier alpha value is -0.640. The van der Waals surface area contributed by atoms with E-state index in [1.165, 1.54) is 12.1 Å². The van der Waals surface area contributed by atoms with Gasteiger partial charge in [0.1, 0.15) is 5.82 Å². The Kier molecular flexibility index (Phi) is 4.73. The van der Waals surface area contributed by atoms with Gasteiger partial charge < -0.3 is 5.11 Å². The van der Waals surface area contributed by atoms with Crippen LogP contribution in [0.15, 0.2) is 18.2 Å². The van der Waals surface area contributed by atoms with Crippen molar-refractivity contribution in [1.29, 1.82) is 0 Å². The Morgan fingerprint density at radius 1 is 1.35 bits per heavy atom. The number of nitrogens with zero attached hydrogens (tertiary/aromatic N) is 1. The van der Waals surface area contributed by atoms with Gasteiger partial charge in [0.25, 0.3) is 0 Å².